The van der Waals surface area contributed by atoms with Crippen molar-refractivity contribution in [2.75, 3.05) is 20.3 Å². The fourth-order valence-electron chi connectivity index (χ4n) is 5.82. The summed E-state index contributed by atoms with van der Waals surface area (Å²) in [6.45, 7) is 11.7. The highest BCUT2D eigenvalue weighted by Crippen LogP contribution is 2.49. The highest BCUT2D eigenvalue weighted by Gasteiger charge is 2.43. The molecule has 1 aliphatic rings. The molecule has 2 aromatic heterocycles. The first-order chi connectivity index (χ1) is 16.5. The molecule has 0 saturated heterocycles. The van der Waals surface area contributed by atoms with E-state index in [1.807, 2.05) is 11.3 Å². The molecule has 2 unspecified atom stereocenters. The molecule has 0 radical (unpaired) electrons. The molecule has 1 aliphatic heterocycles. The van der Waals surface area contributed by atoms with Gasteiger partial charge in [-0.3, -0.25) is 0 Å². The van der Waals surface area contributed by atoms with Gasteiger partial charge in [-0.1, -0.05) is 48.5 Å². The summed E-state index contributed by atoms with van der Waals surface area (Å²) in [5.41, 5.74) is 10.0. The van der Waals surface area contributed by atoms with Crippen LogP contribution in [-0.2, 0) is 4.74 Å². The summed E-state index contributed by atoms with van der Waals surface area (Å²) < 4.78 is 9.24. The molecule has 1 N–H and O–H groups in total. The zero-order valence-electron chi connectivity index (χ0n) is 20.4. The summed E-state index contributed by atoms with van der Waals surface area (Å²) in [4.78, 5) is 1.32. The molecule has 0 amide bonds. The van der Waals surface area contributed by atoms with Crippen LogP contribution in [0.5, 0.6) is 0 Å². The van der Waals surface area contributed by atoms with Gasteiger partial charge in [0.05, 0.1) is 18.1 Å². The van der Waals surface area contributed by atoms with E-state index in [0.29, 0.717) is 13.0 Å². The molecule has 3 nitrogen and oxygen atoms in total. The molecule has 0 saturated carbocycles. The van der Waals surface area contributed by atoms with Gasteiger partial charge < -0.3 is 9.84 Å². The predicted molar refractivity (Wildman–Crippen MR) is 142 cm³/mol. The van der Waals surface area contributed by atoms with Crippen LogP contribution in [0.15, 0.2) is 66.9 Å². The third-order valence-corrected chi connectivity index (χ3v) is 8.49. The highest BCUT2D eigenvalue weighted by atomic mass is 32.1. The molecule has 4 heteroatoms. The van der Waals surface area contributed by atoms with Crippen molar-refractivity contribution in [2.45, 2.75) is 39.2 Å². The Morgan fingerprint density at radius 2 is 1.88 bits per heavy atom. The van der Waals surface area contributed by atoms with Gasteiger partial charge in [0.15, 0.2) is 12.2 Å². The number of hydrogen-bond donors (Lipinski definition) is 1. The molecule has 34 heavy (non-hydrogen) atoms. The van der Waals surface area contributed by atoms with Gasteiger partial charge in [-0.25, -0.2) is 0 Å². The van der Waals surface area contributed by atoms with Crippen molar-refractivity contribution >= 4 is 21.4 Å². The minimum Gasteiger partial charge on any atom is -0.396 e. The Morgan fingerprint density at radius 1 is 1.12 bits per heavy atom. The van der Waals surface area contributed by atoms with Crippen LogP contribution in [0.4, 0.5) is 0 Å². The number of thiophene rings is 1. The Hall–Kier alpha value is -2.79. The molecule has 174 valence electrons. The normalized spacial score (nSPS) is 17.0. The van der Waals surface area contributed by atoms with Gasteiger partial charge in [0.2, 0.25) is 5.69 Å². The first-order valence-corrected chi connectivity index (χ1v) is 12.7. The fraction of sp³-hybridized carbons (Fsp3) is 0.300. The molecule has 5 rings (SSSR count). The van der Waals surface area contributed by atoms with Crippen molar-refractivity contribution in [3.8, 4) is 21.7 Å². The van der Waals surface area contributed by atoms with E-state index in [2.05, 4.69) is 86.6 Å². The smallest absolute Gasteiger partial charge is 0.231 e. The van der Waals surface area contributed by atoms with E-state index in [1.54, 1.807) is 7.11 Å². The second kappa shape index (κ2) is 9.10. The van der Waals surface area contributed by atoms with Crippen molar-refractivity contribution in [1.82, 2.24) is 0 Å². The molecule has 0 aliphatic carbocycles. The summed E-state index contributed by atoms with van der Waals surface area (Å²) in [5.74, 6) is 0.146. The topological polar surface area (TPSA) is 33.3 Å². The molecular weight excluding hydrogens is 438 g/mol. The maximum absolute atomic E-state index is 10.0. The van der Waals surface area contributed by atoms with Crippen LogP contribution < -0.4 is 4.57 Å². The van der Waals surface area contributed by atoms with E-state index < -0.39 is 0 Å². The lowest BCUT2D eigenvalue weighted by molar-refractivity contribution is -0.708. The predicted octanol–water partition coefficient (Wildman–Crippen LogP) is 6.67. The maximum atomic E-state index is 10.0. The van der Waals surface area contributed by atoms with Gasteiger partial charge in [-0.2, -0.15) is 4.57 Å². The van der Waals surface area contributed by atoms with Crippen molar-refractivity contribution in [2.24, 2.45) is 0 Å². The Balaban J connectivity index is 1.86. The molecule has 0 spiro atoms. The van der Waals surface area contributed by atoms with Gasteiger partial charge >= 0.3 is 0 Å². The van der Waals surface area contributed by atoms with Crippen molar-refractivity contribution in [3.63, 3.8) is 0 Å². The number of aliphatic hydroxyl groups excluding tert-OH is 1. The first-order valence-electron chi connectivity index (χ1n) is 11.9. The minimum atomic E-state index is 0.0305. The Kier molecular flexibility index (Phi) is 6.15. The van der Waals surface area contributed by atoms with Crippen LogP contribution in [0.2, 0.25) is 0 Å². The zero-order chi connectivity index (χ0) is 24.0. The van der Waals surface area contributed by atoms with Crippen molar-refractivity contribution in [1.29, 1.82) is 0 Å². The summed E-state index contributed by atoms with van der Waals surface area (Å²) in [5, 5.41) is 11.3. The molecule has 3 heterocycles. The van der Waals surface area contributed by atoms with Crippen molar-refractivity contribution < 1.29 is 14.4 Å². The SMILES string of the molecule is C=C(COC)C1C(CCO)c2c(C)cc(C)cc2-c2c3sc(-c4ccccc4)c(C)c3cc[n+]21. The zero-order valence-corrected chi connectivity index (χ0v) is 21.2. The molecule has 0 fully saturated rings. The quantitative estimate of drug-likeness (QED) is 0.252. The van der Waals surface area contributed by atoms with E-state index in [-0.39, 0.29) is 18.6 Å². The molecule has 0 bridgehead atoms. The monoisotopic (exact) mass is 470 g/mol. The number of nitrogens with zero attached hydrogens (tertiary/aromatic N) is 1. The highest BCUT2D eigenvalue weighted by molar-refractivity contribution is 7.23. The van der Waals surface area contributed by atoms with Crippen LogP contribution in [0, 0.1) is 20.8 Å². The van der Waals surface area contributed by atoms with Gasteiger partial charge in [0.1, 0.15) is 4.70 Å². The van der Waals surface area contributed by atoms with Crippen LogP contribution in [0.25, 0.3) is 31.8 Å². The lowest BCUT2D eigenvalue weighted by atomic mass is 9.76. The average molecular weight is 471 g/mol. The largest absolute Gasteiger partial charge is 0.396 e. The van der Waals surface area contributed by atoms with Crippen LogP contribution >= 0.6 is 11.3 Å². The molecule has 4 aromatic rings. The number of aryl methyl sites for hydroxylation is 3. The second-order valence-electron chi connectivity index (χ2n) is 9.43. The number of rotatable bonds is 6. The van der Waals surface area contributed by atoms with Gasteiger partial charge in [0.25, 0.3) is 0 Å². The van der Waals surface area contributed by atoms with E-state index in [4.69, 9.17) is 4.74 Å². The Morgan fingerprint density at radius 3 is 2.59 bits per heavy atom. The summed E-state index contributed by atoms with van der Waals surface area (Å²) in [7, 11) is 1.72. The van der Waals surface area contributed by atoms with E-state index in [9.17, 15) is 5.11 Å². The summed E-state index contributed by atoms with van der Waals surface area (Å²) >= 11 is 1.88. The van der Waals surface area contributed by atoms with E-state index in [1.165, 1.54) is 54.0 Å². The van der Waals surface area contributed by atoms with Crippen LogP contribution in [-0.4, -0.2) is 25.4 Å². The average Bonchev–Trinajstić information content (AvgIpc) is 3.16. The van der Waals surface area contributed by atoms with E-state index >= 15 is 0 Å². The van der Waals surface area contributed by atoms with Crippen LogP contribution in [0.3, 0.4) is 0 Å². The number of methoxy groups -OCH3 is 1. The number of hydrogen-bond acceptors (Lipinski definition) is 3. The van der Waals surface area contributed by atoms with Gasteiger partial charge in [0, 0.05) is 35.6 Å². The third kappa shape index (κ3) is 3.61. The lowest BCUT2D eigenvalue weighted by Gasteiger charge is -2.33. The summed E-state index contributed by atoms with van der Waals surface area (Å²) in [6, 6.07) is 17.6. The number of aliphatic hydroxyl groups is 1. The van der Waals surface area contributed by atoms with E-state index in [0.717, 1.165) is 5.57 Å². The summed E-state index contributed by atoms with van der Waals surface area (Å²) in [6.07, 6.45) is 2.91. The van der Waals surface area contributed by atoms with Crippen LogP contribution in [0.1, 0.15) is 40.6 Å². The van der Waals surface area contributed by atoms with Gasteiger partial charge in [-0.15, -0.1) is 11.3 Å². The standard InChI is InChI=1S/C30H32NO2S/c1-18-15-19(2)26-24(12-14-32)27(20(3)17-33-5)31-13-11-23-21(4)29(22-9-7-6-8-10-22)34-30(23)28(31)25(26)16-18/h6-11,13,15-16,24,27,32H,3,12,14,17H2,1-2,4-5H3/q+1. The first kappa shape index (κ1) is 23.0. The second-order valence-corrected chi connectivity index (χ2v) is 10.5. The fourth-order valence-corrected chi connectivity index (χ4v) is 7.18. The number of aromatic nitrogens is 1. The number of benzene rings is 2. The molecular formula is C30H32NO2S+. The minimum absolute atomic E-state index is 0.0305. The third-order valence-electron chi connectivity index (χ3n) is 7.13. The number of ether oxygens (including phenoxy) is 1. The Bertz CT molecular complexity index is 1390. The van der Waals surface area contributed by atoms with Crippen molar-refractivity contribution in [3.05, 3.63) is 89.1 Å². The van der Waals surface area contributed by atoms with Gasteiger partial charge in [-0.05, 0) is 55.5 Å². The number of pyridine rings is 1. The molecule has 2 atom stereocenters. The maximum Gasteiger partial charge on any atom is 0.231 e. The molecule has 2 aromatic carbocycles. The lowest BCUT2D eigenvalue weighted by Crippen LogP contribution is -2.49. The Labute approximate surface area is 206 Å². The number of fused-ring (bicyclic) bond motifs is 5.